The maximum absolute atomic E-state index is 12.5. The fourth-order valence-corrected chi connectivity index (χ4v) is 3.06. The van der Waals surface area contributed by atoms with Gasteiger partial charge in [0.05, 0.1) is 19.8 Å². The summed E-state index contributed by atoms with van der Waals surface area (Å²) in [4.78, 5) is 28.6. The van der Waals surface area contributed by atoms with Gasteiger partial charge in [-0.3, -0.25) is 14.3 Å². The van der Waals surface area contributed by atoms with E-state index in [4.69, 9.17) is 4.74 Å². The van der Waals surface area contributed by atoms with Crippen LogP contribution in [0.5, 0.6) is 0 Å². The lowest BCUT2D eigenvalue weighted by molar-refractivity contribution is 0.0298. The van der Waals surface area contributed by atoms with Crippen LogP contribution in [0.4, 0.5) is 0 Å². The number of ether oxygens (including phenoxy) is 1. The zero-order chi connectivity index (χ0) is 15.1. The van der Waals surface area contributed by atoms with Gasteiger partial charge >= 0.3 is 0 Å². The Labute approximate surface area is 128 Å². The molecule has 2 fully saturated rings. The number of carbonyl (C=O) groups excluding carboxylic acids is 2. The normalized spacial score (nSPS) is 21.9. The van der Waals surface area contributed by atoms with E-state index in [1.54, 1.807) is 15.6 Å². The number of amides is 2. The highest BCUT2D eigenvalue weighted by Gasteiger charge is 2.33. The van der Waals surface area contributed by atoms with E-state index in [0.29, 0.717) is 56.7 Å². The Balaban J connectivity index is 1.52. The highest BCUT2D eigenvalue weighted by Crippen LogP contribution is 2.30. The number of hydrogen-bond acceptors (Lipinski definition) is 4. The predicted molar refractivity (Wildman–Crippen MR) is 77.6 cm³/mol. The van der Waals surface area contributed by atoms with E-state index in [1.165, 1.54) is 12.8 Å². The van der Waals surface area contributed by atoms with Gasteiger partial charge in [-0.05, 0) is 18.8 Å². The number of aromatic nitrogens is 2. The van der Waals surface area contributed by atoms with Crippen molar-refractivity contribution in [3.05, 3.63) is 17.5 Å². The second kappa shape index (κ2) is 5.39. The quantitative estimate of drug-likeness (QED) is 0.801. The van der Waals surface area contributed by atoms with Crippen LogP contribution in [0.3, 0.4) is 0 Å². The van der Waals surface area contributed by atoms with E-state index < -0.39 is 0 Å². The van der Waals surface area contributed by atoms with Crippen LogP contribution in [0.2, 0.25) is 0 Å². The summed E-state index contributed by atoms with van der Waals surface area (Å²) in [5.41, 5.74) is 0.919. The summed E-state index contributed by atoms with van der Waals surface area (Å²) in [7, 11) is 0. The first-order valence-corrected chi connectivity index (χ1v) is 7.96. The van der Waals surface area contributed by atoms with Gasteiger partial charge in [0.1, 0.15) is 5.69 Å². The predicted octanol–water partition coefficient (Wildman–Crippen LogP) is 0.221. The molecule has 22 heavy (non-hydrogen) atoms. The highest BCUT2D eigenvalue weighted by molar-refractivity contribution is 5.98. The summed E-state index contributed by atoms with van der Waals surface area (Å²) in [6.45, 7) is 4.50. The van der Waals surface area contributed by atoms with Crippen LogP contribution < -0.4 is 0 Å². The molecule has 1 saturated carbocycles. The van der Waals surface area contributed by atoms with Crippen molar-refractivity contribution in [2.45, 2.75) is 19.4 Å². The molecule has 3 aliphatic rings. The van der Waals surface area contributed by atoms with Crippen molar-refractivity contribution < 1.29 is 14.3 Å². The van der Waals surface area contributed by atoms with E-state index in [0.717, 1.165) is 6.54 Å². The lowest BCUT2D eigenvalue weighted by atomic mass is 10.2. The molecule has 0 spiro atoms. The molecule has 1 aromatic heterocycles. The minimum atomic E-state index is -0.105. The van der Waals surface area contributed by atoms with Crippen LogP contribution in [0.15, 0.2) is 6.07 Å². The van der Waals surface area contributed by atoms with Gasteiger partial charge in [-0.15, -0.1) is 0 Å². The molecular weight excluding hydrogens is 284 g/mol. The second-order valence-electron chi connectivity index (χ2n) is 6.24. The van der Waals surface area contributed by atoms with Crippen molar-refractivity contribution in [3.63, 3.8) is 0 Å². The van der Waals surface area contributed by atoms with Crippen molar-refractivity contribution >= 4 is 11.8 Å². The molecule has 118 valence electrons. The Bertz CT molecular complexity index is 602. The monoisotopic (exact) mass is 304 g/mol. The minimum absolute atomic E-state index is 0.00618. The first-order valence-electron chi connectivity index (χ1n) is 7.96. The largest absolute Gasteiger partial charge is 0.378 e. The van der Waals surface area contributed by atoms with Crippen LogP contribution in [-0.2, 0) is 11.3 Å². The molecular formula is C15H20N4O3. The van der Waals surface area contributed by atoms with Gasteiger partial charge in [0.15, 0.2) is 5.69 Å². The summed E-state index contributed by atoms with van der Waals surface area (Å²) in [5.74, 6) is 0.575. The standard InChI is InChI=1S/C15H20N4O3/c20-14(17-5-7-22-8-6-17)12-9-13-15(21)18(10-11-1-2-11)3-4-19(13)16-12/h9,11H,1-8,10H2. The Kier molecular flexibility index (Phi) is 3.37. The van der Waals surface area contributed by atoms with Crippen molar-refractivity contribution in [3.8, 4) is 0 Å². The second-order valence-corrected chi connectivity index (χ2v) is 6.24. The first-order chi connectivity index (χ1) is 10.7. The van der Waals surface area contributed by atoms with Crippen LogP contribution in [0.1, 0.15) is 33.8 Å². The van der Waals surface area contributed by atoms with Gasteiger partial charge in [0.2, 0.25) is 0 Å². The highest BCUT2D eigenvalue weighted by atomic mass is 16.5. The lowest BCUT2D eigenvalue weighted by Crippen LogP contribution is -2.41. The molecule has 0 unspecified atom stereocenters. The number of hydrogen-bond donors (Lipinski definition) is 0. The zero-order valence-corrected chi connectivity index (χ0v) is 12.5. The molecule has 1 saturated heterocycles. The zero-order valence-electron chi connectivity index (χ0n) is 12.5. The van der Waals surface area contributed by atoms with Gasteiger partial charge in [-0.2, -0.15) is 5.10 Å². The SMILES string of the molecule is O=C(c1cc2n(n1)CCN(CC1CC1)C2=O)N1CCOCC1. The molecule has 0 N–H and O–H groups in total. The summed E-state index contributed by atoms with van der Waals surface area (Å²) in [6.07, 6.45) is 2.45. The Morgan fingerprint density at radius 1 is 1.23 bits per heavy atom. The Hall–Kier alpha value is -1.89. The van der Waals surface area contributed by atoms with Gasteiger partial charge < -0.3 is 14.5 Å². The van der Waals surface area contributed by atoms with Gasteiger partial charge in [0, 0.05) is 32.2 Å². The van der Waals surface area contributed by atoms with Gasteiger partial charge in [-0.25, -0.2) is 0 Å². The summed E-state index contributed by atoms with van der Waals surface area (Å²) in [5, 5.41) is 4.34. The van der Waals surface area contributed by atoms with Crippen LogP contribution in [-0.4, -0.2) is 70.8 Å². The van der Waals surface area contributed by atoms with Crippen molar-refractivity contribution in [2.24, 2.45) is 5.92 Å². The first kappa shape index (κ1) is 13.8. The molecule has 3 heterocycles. The van der Waals surface area contributed by atoms with E-state index >= 15 is 0 Å². The van der Waals surface area contributed by atoms with Gasteiger partial charge in [0.25, 0.3) is 11.8 Å². The molecule has 2 aliphatic heterocycles. The molecule has 1 aliphatic carbocycles. The molecule has 2 amide bonds. The average molecular weight is 304 g/mol. The van der Waals surface area contributed by atoms with Crippen molar-refractivity contribution in [1.82, 2.24) is 19.6 Å². The maximum atomic E-state index is 12.5. The third-order valence-corrected chi connectivity index (χ3v) is 4.56. The third-order valence-electron chi connectivity index (χ3n) is 4.56. The van der Waals surface area contributed by atoms with Crippen LogP contribution in [0, 0.1) is 5.92 Å². The number of carbonyl (C=O) groups is 2. The van der Waals surface area contributed by atoms with E-state index in [9.17, 15) is 9.59 Å². The van der Waals surface area contributed by atoms with Crippen LogP contribution in [0.25, 0.3) is 0 Å². The smallest absolute Gasteiger partial charge is 0.274 e. The molecule has 4 rings (SSSR count). The fraction of sp³-hybridized carbons (Fsp3) is 0.667. The Morgan fingerprint density at radius 2 is 2.00 bits per heavy atom. The Morgan fingerprint density at radius 3 is 2.73 bits per heavy atom. The van der Waals surface area contributed by atoms with Crippen LogP contribution >= 0.6 is 0 Å². The molecule has 7 heteroatoms. The number of nitrogens with zero attached hydrogens (tertiary/aromatic N) is 4. The molecule has 0 atom stereocenters. The topological polar surface area (TPSA) is 67.7 Å². The summed E-state index contributed by atoms with van der Waals surface area (Å²) in [6, 6.07) is 1.65. The maximum Gasteiger partial charge on any atom is 0.274 e. The van der Waals surface area contributed by atoms with Crippen molar-refractivity contribution in [1.29, 1.82) is 0 Å². The molecule has 7 nitrogen and oxygen atoms in total. The third kappa shape index (κ3) is 2.49. The summed E-state index contributed by atoms with van der Waals surface area (Å²) < 4.78 is 6.94. The number of rotatable bonds is 3. The van der Waals surface area contributed by atoms with E-state index in [2.05, 4.69) is 5.10 Å². The molecule has 1 aromatic rings. The van der Waals surface area contributed by atoms with E-state index in [-0.39, 0.29) is 11.8 Å². The van der Waals surface area contributed by atoms with E-state index in [1.807, 2.05) is 4.90 Å². The molecule has 0 radical (unpaired) electrons. The molecule has 0 aromatic carbocycles. The number of morpholine rings is 1. The van der Waals surface area contributed by atoms with Crippen molar-refractivity contribution in [2.75, 3.05) is 39.4 Å². The number of fused-ring (bicyclic) bond motifs is 1. The summed E-state index contributed by atoms with van der Waals surface area (Å²) >= 11 is 0. The average Bonchev–Trinajstić information content (AvgIpc) is 3.26. The lowest BCUT2D eigenvalue weighted by Gasteiger charge is -2.27. The fourth-order valence-electron chi connectivity index (χ4n) is 3.06. The molecule has 0 bridgehead atoms. The van der Waals surface area contributed by atoms with Gasteiger partial charge in [-0.1, -0.05) is 0 Å². The minimum Gasteiger partial charge on any atom is -0.378 e.